The zero-order chi connectivity index (χ0) is 26.5. The van der Waals surface area contributed by atoms with Crippen LogP contribution in [0.5, 0.6) is 0 Å². The Morgan fingerprint density at radius 2 is 0.833 bits per heavy atom. The van der Waals surface area contributed by atoms with Crippen LogP contribution in [0.4, 0.5) is 0 Å². The predicted octanol–water partition coefficient (Wildman–Crippen LogP) is 9.82. The number of unbranched alkanes of at least 4 members (excludes halogenated alkanes) is 22. The van der Waals surface area contributed by atoms with E-state index < -0.39 is 20.1 Å². The molecule has 5 heteroatoms. The van der Waals surface area contributed by atoms with Crippen molar-refractivity contribution in [3.63, 3.8) is 0 Å². The van der Waals surface area contributed by atoms with E-state index in [0.717, 1.165) is 12.3 Å². The van der Waals surface area contributed by atoms with Crippen LogP contribution in [0.3, 0.4) is 0 Å². The Morgan fingerprint density at radius 3 is 1.08 bits per heavy atom. The third-order valence-electron chi connectivity index (χ3n) is 7.38. The van der Waals surface area contributed by atoms with Gasteiger partial charge in [0.1, 0.15) is 6.04 Å². The monoisotopic (exact) mass is 529 g/mol. The van der Waals surface area contributed by atoms with Gasteiger partial charge in [0.2, 0.25) is 0 Å². The van der Waals surface area contributed by atoms with Crippen LogP contribution in [-0.2, 0) is 4.79 Å². The van der Waals surface area contributed by atoms with Gasteiger partial charge in [0.25, 0.3) is 0 Å². The van der Waals surface area contributed by atoms with Crippen molar-refractivity contribution in [1.82, 2.24) is 5.09 Å². The molecular formula is C31H64NO3P. The number of aliphatic hydroxyl groups is 1. The minimum Gasteiger partial charge on any atom is -0.480 e. The van der Waals surface area contributed by atoms with Gasteiger partial charge in [-0.05, 0) is 33.2 Å². The van der Waals surface area contributed by atoms with Gasteiger partial charge in [0.05, 0.1) is 6.61 Å². The average Bonchev–Trinajstić information content (AvgIpc) is 2.87. The first-order chi connectivity index (χ1) is 17.7. The second-order valence-electron chi connectivity index (χ2n) is 11.0. The van der Waals surface area contributed by atoms with Crippen LogP contribution in [-0.4, -0.2) is 41.2 Å². The first-order valence-corrected chi connectivity index (χ1v) is 17.7. The Kier molecular flexibility index (Phi) is 29.2. The molecule has 1 unspecified atom stereocenters. The van der Waals surface area contributed by atoms with Crippen LogP contribution in [0.25, 0.3) is 0 Å². The van der Waals surface area contributed by atoms with E-state index >= 15 is 0 Å². The summed E-state index contributed by atoms with van der Waals surface area (Å²) in [5.41, 5.74) is 0. The van der Waals surface area contributed by atoms with Crippen LogP contribution in [0.15, 0.2) is 0 Å². The third-order valence-corrected chi connectivity index (χ3v) is 9.77. The summed E-state index contributed by atoms with van der Waals surface area (Å²) < 4.78 is 0. The fraction of sp³-hybridized carbons (Fsp3) is 0.968. The van der Waals surface area contributed by atoms with Crippen LogP contribution in [0.1, 0.15) is 168 Å². The van der Waals surface area contributed by atoms with Crippen molar-refractivity contribution in [3.05, 3.63) is 0 Å². The molecule has 216 valence electrons. The molecule has 36 heavy (non-hydrogen) atoms. The van der Waals surface area contributed by atoms with E-state index in [4.69, 9.17) is 0 Å². The summed E-state index contributed by atoms with van der Waals surface area (Å²) >= 11 is 0. The lowest BCUT2D eigenvalue weighted by Crippen LogP contribution is -2.37. The largest absolute Gasteiger partial charge is 0.480 e. The Labute approximate surface area is 227 Å². The molecule has 0 aromatic carbocycles. The molecule has 0 rings (SSSR count). The molecule has 0 saturated heterocycles. The Balaban J connectivity index is 3.86. The first-order valence-electron chi connectivity index (χ1n) is 16.0. The van der Waals surface area contributed by atoms with E-state index in [9.17, 15) is 15.0 Å². The minimum absolute atomic E-state index is 0.314. The summed E-state index contributed by atoms with van der Waals surface area (Å²) in [6.07, 6.45) is 34.6. The normalized spacial score (nSPS) is 12.4. The van der Waals surface area contributed by atoms with Crippen molar-refractivity contribution in [2.45, 2.75) is 174 Å². The summed E-state index contributed by atoms with van der Waals surface area (Å²) in [4.78, 5) is 11.4. The highest BCUT2D eigenvalue weighted by Gasteiger charge is 2.20. The molecule has 0 radical (unpaired) electrons. The molecule has 0 aliphatic heterocycles. The van der Waals surface area contributed by atoms with E-state index in [1.54, 1.807) is 0 Å². The van der Waals surface area contributed by atoms with Gasteiger partial charge in [-0.2, -0.15) is 0 Å². The van der Waals surface area contributed by atoms with Gasteiger partial charge in [-0.3, -0.25) is 9.88 Å². The molecule has 1 atom stereocenters. The third kappa shape index (κ3) is 25.5. The number of nitrogens with one attached hydrogen (secondary N) is 1. The average molecular weight is 530 g/mol. The number of aliphatic hydroxyl groups excluding tert-OH is 1. The molecule has 0 fully saturated rings. The summed E-state index contributed by atoms with van der Waals surface area (Å²) in [5.74, 6) is -0.922. The highest BCUT2D eigenvalue weighted by atomic mass is 31.1. The number of aliphatic carboxylic acids is 1. The smallest absolute Gasteiger partial charge is 0.323 e. The molecule has 0 aromatic heterocycles. The van der Waals surface area contributed by atoms with E-state index in [1.807, 2.05) is 0 Å². The fourth-order valence-corrected chi connectivity index (χ4v) is 7.25. The van der Waals surface area contributed by atoms with E-state index in [1.165, 1.54) is 154 Å². The summed E-state index contributed by atoms with van der Waals surface area (Å²) in [6.45, 7) is 4.23. The SMILES string of the molecule is CCCCCCCCCCCCCCP(CCCCCCCCCCCCCC)NC(CO)C(=O)O. The molecule has 0 heterocycles. The first kappa shape index (κ1) is 35.8. The van der Waals surface area contributed by atoms with Crippen molar-refractivity contribution in [2.75, 3.05) is 18.9 Å². The Morgan fingerprint density at radius 1 is 0.556 bits per heavy atom. The van der Waals surface area contributed by atoms with Crippen molar-refractivity contribution in [2.24, 2.45) is 0 Å². The summed E-state index contributed by atoms with van der Waals surface area (Å²) in [7, 11) is -0.505. The molecule has 0 spiro atoms. The summed E-state index contributed by atoms with van der Waals surface area (Å²) in [5, 5.41) is 22.1. The molecule has 4 nitrogen and oxygen atoms in total. The fourth-order valence-electron chi connectivity index (χ4n) is 4.92. The number of rotatable bonds is 30. The number of carbonyl (C=O) groups is 1. The number of carboxylic acids is 1. The van der Waals surface area contributed by atoms with E-state index in [0.29, 0.717) is 0 Å². The molecule has 0 amide bonds. The maximum absolute atomic E-state index is 11.4. The second-order valence-corrected chi connectivity index (χ2v) is 13.2. The molecule has 3 N–H and O–H groups in total. The van der Waals surface area contributed by atoms with Crippen molar-refractivity contribution in [3.8, 4) is 0 Å². The van der Waals surface area contributed by atoms with Crippen LogP contribution in [0, 0.1) is 0 Å². The van der Waals surface area contributed by atoms with Crippen molar-refractivity contribution < 1.29 is 15.0 Å². The number of hydrogen-bond acceptors (Lipinski definition) is 3. The van der Waals surface area contributed by atoms with Gasteiger partial charge in [0.15, 0.2) is 0 Å². The maximum atomic E-state index is 11.4. The van der Waals surface area contributed by atoms with Gasteiger partial charge < -0.3 is 10.2 Å². The van der Waals surface area contributed by atoms with Gasteiger partial charge in [0, 0.05) is 0 Å². The highest BCUT2D eigenvalue weighted by molar-refractivity contribution is 7.55. The van der Waals surface area contributed by atoms with Crippen LogP contribution in [0.2, 0.25) is 0 Å². The zero-order valence-corrected chi connectivity index (χ0v) is 25.3. The lowest BCUT2D eigenvalue weighted by atomic mass is 10.1. The van der Waals surface area contributed by atoms with E-state index in [-0.39, 0.29) is 6.61 Å². The van der Waals surface area contributed by atoms with Crippen LogP contribution >= 0.6 is 8.07 Å². The van der Waals surface area contributed by atoms with Gasteiger partial charge in [-0.25, -0.2) is 0 Å². The Bertz CT molecular complexity index is 422. The highest BCUT2D eigenvalue weighted by Crippen LogP contribution is 2.34. The second kappa shape index (κ2) is 29.4. The summed E-state index contributed by atoms with van der Waals surface area (Å²) in [6, 6.07) is -0.800. The number of hydrogen-bond donors (Lipinski definition) is 3. The van der Waals surface area contributed by atoms with Crippen molar-refractivity contribution >= 4 is 14.0 Å². The zero-order valence-electron chi connectivity index (χ0n) is 24.4. The standard InChI is InChI=1S/C31H64NO3P/c1-3-5-7-9-11-13-15-17-19-21-23-25-27-36(32-30(29-33)31(34)35)28-26-24-22-20-18-16-14-12-10-8-6-4-2/h30,32-33H,3-29H2,1-2H3,(H,34,35). The molecule has 0 aromatic rings. The Hall–Kier alpha value is -0.180. The van der Waals surface area contributed by atoms with Crippen LogP contribution < -0.4 is 5.09 Å². The van der Waals surface area contributed by atoms with Gasteiger partial charge in [-0.1, -0.05) is 155 Å². The quantitative estimate of drug-likeness (QED) is 0.0639. The minimum atomic E-state index is -0.922. The topological polar surface area (TPSA) is 69.6 Å². The molecular weight excluding hydrogens is 465 g/mol. The lowest BCUT2D eigenvalue weighted by Gasteiger charge is -2.22. The molecule has 0 aliphatic rings. The number of carboxylic acid groups (broad SMARTS) is 1. The molecule has 0 aliphatic carbocycles. The molecule has 0 saturated carbocycles. The van der Waals surface area contributed by atoms with Crippen molar-refractivity contribution in [1.29, 1.82) is 0 Å². The van der Waals surface area contributed by atoms with Gasteiger partial charge >= 0.3 is 5.97 Å². The predicted molar refractivity (Wildman–Crippen MR) is 160 cm³/mol. The van der Waals surface area contributed by atoms with E-state index in [2.05, 4.69) is 18.9 Å². The maximum Gasteiger partial charge on any atom is 0.323 e. The van der Waals surface area contributed by atoms with Gasteiger partial charge in [-0.15, -0.1) is 0 Å². The lowest BCUT2D eigenvalue weighted by molar-refractivity contribution is -0.139. The molecule has 0 bridgehead atoms.